The third-order valence-electron chi connectivity index (χ3n) is 2.26. The standard InChI is InChI=1S/C11H11FN2O4S/c1-3-4-5-13-19(17,18)11-7-10(14(15)16)9(12)6-8(11)2/h6-7,13H,5H2,1-2H3. The van der Waals surface area contributed by atoms with Crippen molar-refractivity contribution < 1.29 is 17.7 Å². The molecule has 0 aliphatic rings. The Kier molecular flexibility index (Phi) is 4.58. The smallest absolute Gasteiger partial charge is 0.258 e. The third-order valence-corrected chi connectivity index (χ3v) is 3.80. The zero-order chi connectivity index (χ0) is 14.6. The van der Waals surface area contributed by atoms with Crippen LogP contribution in [0.25, 0.3) is 0 Å². The molecule has 0 unspecified atom stereocenters. The molecule has 1 aromatic rings. The van der Waals surface area contributed by atoms with Gasteiger partial charge in [0.05, 0.1) is 16.4 Å². The van der Waals surface area contributed by atoms with Gasteiger partial charge in [-0.05, 0) is 25.5 Å². The molecule has 0 aliphatic heterocycles. The second kappa shape index (κ2) is 5.77. The van der Waals surface area contributed by atoms with E-state index in [1.54, 1.807) is 6.92 Å². The van der Waals surface area contributed by atoms with Crippen LogP contribution in [0.2, 0.25) is 0 Å². The molecule has 0 heterocycles. The Bertz CT molecular complexity index is 674. The van der Waals surface area contributed by atoms with Crippen molar-refractivity contribution in [3.05, 3.63) is 33.6 Å². The lowest BCUT2D eigenvalue weighted by Gasteiger charge is -2.07. The third kappa shape index (κ3) is 3.49. The average molecular weight is 286 g/mol. The molecule has 0 radical (unpaired) electrons. The molecule has 19 heavy (non-hydrogen) atoms. The zero-order valence-corrected chi connectivity index (χ0v) is 11.0. The molecule has 1 aromatic carbocycles. The molecule has 0 bridgehead atoms. The molecule has 6 nitrogen and oxygen atoms in total. The molecule has 102 valence electrons. The number of hydrogen-bond acceptors (Lipinski definition) is 4. The van der Waals surface area contributed by atoms with Gasteiger partial charge in [-0.15, -0.1) is 5.92 Å². The van der Waals surface area contributed by atoms with Gasteiger partial charge in [0.1, 0.15) is 0 Å². The molecule has 8 heteroatoms. The van der Waals surface area contributed by atoms with Crippen LogP contribution in [0, 0.1) is 34.7 Å². The number of nitrogens with zero attached hydrogens (tertiary/aromatic N) is 1. The molecule has 0 saturated heterocycles. The predicted octanol–water partition coefficient (Wildman–Crippen LogP) is 1.34. The number of nitro groups is 1. The second-order valence-electron chi connectivity index (χ2n) is 3.58. The molecule has 1 N–H and O–H groups in total. The fourth-order valence-corrected chi connectivity index (χ4v) is 2.54. The van der Waals surface area contributed by atoms with Gasteiger partial charge >= 0.3 is 5.69 Å². The molecule has 1 rings (SSSR count). The molecule has 0 amide bonds. The summed E-state index contributed by atoms with van der Waals surface area (Å²) < 4.78 is 39.2. The van der Waals surface area contributed by atoms with Crippen molar-refractivity contribution in [1.29, 1.82) is 0 Å². The van der Waals surface area contributed by atoms with E-state index in [4.69, 9.17) is 0 Å². The van der Waals surface area contributed by atoms with Crippen LogP contribution in [-0.4, -0.2) is 19.9 Å². The van der Waals surface area contributed by atoms with Crippen LogP contribution in [0.15, 0.2) is 17.0 Å². The fraction of sp³-hybridized carbons (Fsp3) is 0.273. The Morgan fingerprint density at radius 1 is 1.47 bits per heavy atom. The highest BCUT2D eigenvalue weighted by Gasteiger charge is 2.23. The second-order valence-corrected chi connectivity index (χ2v) is 5.31. The highest BCUT2D eigenvalue weighted by atomic mass is 32.2. The Hall–Kier alpha value is -1.98. The van der Waals surface area contributed by atoms with E-state index in [2.05, 4.69) is 16.6 Å². The average Bonchev–Trinajstić information content (AvgIpc) is 2.28. The zero-order valence-electron chi connectivity index (χ0n) is 10.2. The lowest BCUT2D eigenvalue weighted by atomic mass is 10.2. The Morgan fingerprint density at radius 2 is 2.11 bits per heavy atom. The van der Waals surface area contributed by atoms with Gasteiger partial charge in [-0.25, -0.2) is 8.42 Å². The SMILES string of the molecule is CC#CCNS(=O)(=O)c1cc([N+](=O)[O-])c(F)cc1C. The van der Waals surface area contributed by atoms with Gasteiger partial charge < -0.3 is 0 Å². The topological polar surface area (TPSA) is 89.3 Å². The first kappa shape index (κ1) is 15.1. The number of hydrogen-bond donors (Lipinski definition) is 1. The summed E-state index contributed by atoms with van der Waals surface area (Å²) in [7, 11) is -3.96. The first-order valence-corrected chi connectivity index (χ1v) is 6.61. The largest absolute Gasteiger partial charge is 0.306 e. The van der Waals surface area contributed by atoms with Crippen molar-refractivity contribution in [3.8, 4) is 11.8 Å². The van der Waals surface area contributed by atoms with Gasteiger partial charge in [0, 0.05) is 6.07 Å². The summed E-state index contributed by atoms with van der Waals surface area (Å²) in [5.41, 5.74) is -0.799. The number of benzene rings is 1. The minimum atomic E-state index is -3.96. The molecule has 0 fully saturated rings. The molecular weight excluding hydrogens is 275 g/mol. The highest BCUT2D eigenvalue weighted by molar-refractivity contribution is 7.89. The van der Waals surface area contributed by atoms with E-state index >= 15 is 0 Å². The summed E-state index contributed by atoms with van der Waals surface area (Å²) in [5, 5.41) is 10.6. The van der Waals surface area contributed by atoms with Crippen molar-refractivity contribution in [2.45, 2.75) is 18.7 Å². The van der Waals surface area contributed by atoms with E-state index in [0.29, 0.717) is 6.07 Å². The van der Waals surface area contributed by atoms with Crippen molar-refractivity contribution in [1.82, 2.24) is 4.72 Å². The summed E-state index contributed by atoms with van der Waals surface area (Å²) in [4.78, 5) is 9.29. The normalized spacial score (nSPS) is 10.7. The molecule has 0 spiro atoms. The van der Waals surface area contributed by atoms with E-state index in [9.17, 15) is 22.9 Å². The van der Waals surface area contributed by atoms with Crippen LogP contribution in [-0.2, 0) is 10.0 Å². The molecule has 0 aliphatic carbocycles. The maximum atomic E-state index is 13.3. The lowest BCUT2D eigenvalue weighted by Crippen LogP contribution is -2.25. The van der Waals surface area contributed by atoms with E-state index < -0.39 is 26.5 Å². The van der Waals surface area contributed by atoms with Crippen molar-refractivity contribution >= 4 is 15.7 Å². The minimum absolute atomic E-state index is 0.0834. The molecule has 0 saturated carbocycles. The summed E-state index contributed by atoms with van der Waals surface area (Å²) >= 11 is 0. The van der Waals surface area contributed by atoms with Crippen molar-refractivity contribution in [3.63, 3.8) is 0 Å². The van der Waals surface area contributed by atoms with Crippen LogP contribution >= 0.6 is 0 Å². The number of halogens is 1. The molecular formula is C11H11FN2O4S. The summed E-state index contributed by atoms with van der Waals surface area (Å²) in [6.45, 7) is 2.78. The maximum absolute atomic E-state index is 13.3. The van der Waals surface area contributed by atoms with Crippen LogP contribution < -0.4 is 4.72 Å². The van der Waals surface area contributed by atoms with Crippen molar-refractivity contribution in [2.24, 2.45) is 0 Å². The first-order chi connectivity index (χ1) is 8.79. The number of sulfonamides is 1. The summed E-state index contributed by atoms with van der Waals surface area (Å²) in [6.07, 6.45) is 0. The Balaban J connectivity index is 3.29. The first-order valence-electron chi connectivity index (χ1n) is 5.13. The quantitative estimate of drug-likeness (QED) is 0.514. The Labute approximate surface area is 109 Å². The van der Waals surface area contributed by atoms with Crippen LogP contribution in [0.3, 0.4) is 0 Å². The minimum Gasteiger partial charge on any atom is -0.258 e. The molecule has 0 aromatic heterocycles. The van der Waals surface area contributed by atoms with E-state index in [1.165, 1.54) is 6.92 Å². The highest BCUT2D eigenvalue weighted by Crippen LogP contribution is 2.24. The van der Waals surface area contributed by atoms with Gasteiger partial charge in [-0.2, -0.15) is 9.11 Å². The Morgan fingerprint density at radius 3 is 2.63 bits per heavy atom. The van der Waals surface area contributed by atoms with Gasteiger partial charge in [-0.3, -0.25) is 10.1 Å². The number of nitro benzene ring substituents is 1. The maximum Gasteiger partial charge on any atom is 0.306 e. The van der Waals surface area contributed by atoms with Crippen LogP contribution in [0.5, 0.6) is 0 Å². The van der Waals surface area contributed by atoms with Crippen LogP contribution in [0.1, 0.15) is 12.5 Å². The summed E-state index contributed by atoms with van der Waals surface area (Å²) in [6, 6.07) is 1.52. The molecule has 0 atom stereocenters. The van der Waals surface area contributed by atoms with Gasteiger partial charge in [-0.1, -0.05) is 5.92 Å². The number of aryl methyl sites for hydroxylation is 1. The van der Waals surface area contributed by atoms with E-state index in [-0.39, 0.29) is 17.0 Å². The number of nitrogens with one attached hydrogen (secondary N) is 1. The number of rotatable bonds is 4. The monoisotopic (exact) mass is 286 g/mol. The van der Waals surface area contributed by atoms with E-state index in [0.717, 1.165) is 6.07 Å². The van der Waals surface area contributed by atoms with Gasteiger partial charge in [0.25, 0.3) is 0 Å². The lowest BCUT2D eigenvalue weighted by molar-refractivity contribution is -0.387. The van der Waals surface area contributed by atoms with Crippen molar-refractivity contribution in [2.75, 3.05) is 6.54 Å². The van der Waals surface area contributed by atoms with E-state index in [1.807, 2.05) is 0 Å². The van der Waals surface area contributed by atoms with Gasteiger partial charge in [0.2, 0.25) is 15.8 Å². The van der Waals surface area contributed by atoms with Gasteiger partial charge in [0.15, 0.2) is 0 Å². The van der Waals surface area contributed by atoms with Crippen LogP contribution in [0.4, 0.5) is 10.1 Å². The fourth-order valence-electron chi connectivity index (χ4n) is 1.37. The predicted molar refractivity (Wildman–Crippen MR) is 66.4 cm³/mol. The summed E-state index contributed by atoms with van der Waals surface area (Å²) in [5.74, 6) is 3.92.